The van der Waals surface area contributed by atoms with Crippen LogP contribution in [0.3, 0.4) is 0 Å². The molecule has 0 aliphatic heterocycles. The SMILES string of the molecule is CNn1cc2ccccc2c1O. The van der Waals surface area contributed by atoms with Gasteiger partial charge in [0.2, 0.25) is 5.88 Å². The van der Waals surface area contributed by atoms with Gasteiger partial charge in [-0.2, -0.15) is 0 Å². The zero-order valence-electron chi connectivity index (χ0n) is 6.78. The zero-order chi connectivity index (χ0) is 8.55. The van der Waals surface area contributed by atoms with Gasteiger partial charge in [-0.1, -0.05) is 18.2 Å². The Bertz CT molecular complexity index is 406. The maximum atomic E-state index is 9.59. The molecule has 0 aliphatic rings. The molecule has 2 aromatic rings. The molecule has 1 aromatic heterocycles. The smallest absolute Gasteiger partial charge is 0.217 e. The van der Waals surface area contributed by atoms with Crippen LogP contribution in [0.5, 0.6) is 5.88 Å². The largest absolute Gasteiger partial charge is 0.493 e. The summed E-state index contributed by atoms with van der Waals surface area (Å²) in [6, 6.07) is 7.70. The van der Waals surface area contributed by atoms with Gasteiger partial charge in [-0.25, -0.2) is 4.68 Å². The van der Waals surface area contributed by atoms with Crippen LogP contribution in [0.2, 0.25) is 0 Å². The second-order valence-electron chi connectivity index (χ2n) is 2.63. The summed E-state index contributed by atoms with van der Waals surface area (Å²) in [5.74, 6) is 0.258. The molecule has 1 aromatic carbocycles. The van der Waals surface area contributed by atoms with Gasteiger partial charge in [0.1, 0.15) is 0 Å². The lowest BCUT2D eigenvalue weighted by Gasteiger charge is -2.00. The highest BCUT2D eigenvalue weighted by atomic mass is 16.3. The standard InChI is InChI=1S/C9H10N2O/c1-10-11-6-7-4-2-3-5-8(7)9(11)12/h2-6,10,12H,1H3. The summed E-state index contributed by atoms with van der Waals surface area (Å²) >= 11 is 0. The van der Waals surface area contributed by atoms with Crippen LogP contribution < -0.4 is 5.43 Å². The highest BCUT2D eigenvalue weighted by Crippen LogP contribution is 2.24. The molecular weight excluding hydrogens is 152 g/mol. The molecule has 0 atom stereocenters. The Morgan fingerprint density at radius 1 is 1.33 bits per heavy atom. The van der Waals surface area contributed by atoms with Crippen molar-refractivity contribution in [1.29, 1.82) is 0 Å². The van der Waals surface area contributed by atoms with E-state index in [0.29, 0.717) is 0 Å². The summed E-state index contributed by atoms with van der Waals surface area (Å²) in [5.41, 5.74) is 2.85. The molecule has 0 fully saturated rings. The number of nitrogens with one attached hydrogen (secondary N) is 1. The first-order valence-corrected chi connectivity index (χ1v) is 3.80. The van der Waals surface area contributed by atoms with Gasteiger partial charge in [-0.05, 0) is 6.07 Å². The predicted molar refractivity (Wildman–Crippen MR) is 48.9 cm³/mol. The fourth-order valence-corrected chi connectivity index (χ4v) is 1.31. The second kappa shape index (κ2) is 2.44. The topological polar surface area (TPSA) is 37.2 Å². The van der Waals surface area contributed by atoms with E-state index in [1.54, 1.807) is 11.7 Å². The Kier molecular flexibility index (Phi) is 1.43. The van der Waals surface area contributed by atoms with Crippen molar-refractivity contribution in [2.75, 3.05) is 12.5 Å². The number of aromatic nitrogens is 1. The molecule has 2 rings (SSSR count). The van der Waals surface area contributed by atoms with Crippen molar-refractivity contribution in [3.63, 3.8) is 0 Å². The minimum Gasteiger partial charge on any atom is -0.493 e. The molecule has 0 bridgehead atoms. The van der Waals surface area contributed by atoms with Crippen molar-refractivity contribution in [1.82, 2.24) is 4.68 Å². The van der Waals surface area contributed by atoms with Crippen molar-refractivity contribution < 1.29 is 5.11 Å². The third-order valence-corrected chi connectivity index (χ3v) is 1.94. The van der Waals surface area contributed by atoms with Crippen molar-refractivity contribution in [3.8, 4) is 5.88 Å². The monoisotopic (exact) mass is 162 g/mol. The lowest BCUT2D eigenvalue weighted by molar-refractivity contribution is 0.440. The molecule has 0 saturated heterocycles. The third-order valence-electron chi connectivity index (χ3n) is 1.94. The van der Waals surface area contributed by atoms with E-state index in [1.165, 1.54) is 0 Å². The van der Waals surface area contributed by atoms with E-state index < -0.39 is 0 Å². The van der Waals surface area contributed by atoms with Gasteiger partial charge in [0.05, 0.1) is 0 Å². The van der Waals surface area contributed by atoms with Gasteiger partial charge < -0.3 is 10.5 Å². The lowest BCUT2D eigenvalue weighted by atomic mass is 10.2. The van der Waals surface area contributed by atoms with Crippen LogP contribution in [0, 0.1) is 0 Å². The van der Waals surface area contributed by atoms with Gasteiger partial charge >= 0.3 is 0 Å². The van der Waals surface area contributed by atoms with Crippen LogP contribution in [0.1, 0.15) is 0 Å². The summed E-state index contributed by atoms with van der Waals surface area (Å²) in [6.07, 6.45) is 1.85. The molecule has 0 aliphatic carbocycles. The van der Waals surface area contributed by atoms with E-state index in [2.05, 4.69) is 5.43 Å². The van der Waals surface area contributed by atoms with Crippen LogP contribution in [0.4, 0.5) is 0 Å². The van der Waals surface area contributed by atoms with Crippen LogP contribution >= 0.6 is 0 Å². The highest BCUT2D eigenvalue weighted by Gasteiger charge is 2.04. The quantitative estimate of drug-likeness (QED) is 0.667. The Morgan fingerprint density at radius 3 is 2.75 bits per heavy atom. The third kappa shape index (κ3) is 0.830. The number of hydrogen-bond donors (Lipinski definition) is 2. The number of hydrogen-bond acceptors (Lipinski definition) is 2. The number of rotatable bonds is 1. The number of fused-ring (bicyclic) bond motifs is 1. The normalized spacial score (nSPS) is 10.4. The molecule has 1 heterocycles. The summed E-state index contributed by atoms with van der Waals surface area (Å²) in [4.78, 5) is 0. The number of aromatic hydroxyl groups is 1. The van der Waals surface area contributed by atoms with Crippen molar-refractivity contribution >= 4 is 10.8 Å². The predicted octanol–water partition coefficient (Wildman–Crippen LogP) is 1.52. The molecule has 0 radical (unpaired) electrons. The molecule has 12 heavy (non-hydrogen) atoms. The Labute approximate surface area is 70.2 Å². The summed E-state index contributed by atoms with van der Waals surface area (Å²) in [6.45, 7) is 0. The second-order valence-corrected chi connectivity index (χ2v) is 2.63. The minimum absolute atomic E-state index is 0.258. The van der Waals surface area contributed by atoms with Gasteiger partial charge in [0.25, 0.3) is 0 Å². The molecular formula is C9H10N2O. The highest BCUT2D eigenvalue weighted by molar-refractivity contribution is 5.87. The molecule has 0 amide bonds. The van der Waals surface area contributed by atoms with Gasteiger partial charge in [0, 0.05) is 24.0 Å². The lowest BCUT2D eigenvalue weighted by Crippen LogP contribution is -2.05. The summed E-state index contributed by atoms with van der Waals surface area (Å²) < 4.78 is 1.59. The molecule has 3 nitrogen and oxygen atoms in total. The van der Waals surface area contributed by atoms with Gasteiger partial charge in [-0.15, -0.1) is 0 Å². The van der Waals surface area contributed by atoms with Crippen molar-refractivity contribution in [2.45, 2.75) is 0 Å². The first kappa shape index (κ1) is 7.03. The van der Waals surface area contributed by atoms with E-state index >= 15 is 0 Å². The van der Waals surface area contributed by atoms with E-state index in [0.717, 1.165) is 10.8 Å². The molecule has 0 unspecified atom stereocenters. The Balaban J connectivity index is 2.78. The van der Waals surface area contributed by atoms with Gasteiger partial charge in [-0.3, -0.25) is 0 Å². The maximum Gasteiger partial charge on any atom is 0.217 e. The Morgan fingerprint density at radius 2 is 2.08 bits per heavy atom. The average Bonchev–Trinajstić information content (AvgIpc) is 2.44. The van der Waals surface area contributed by atoms with E-state index in [4.69, 9.17) is 0 Å². The number of benzene rings is 1. The van der Waals surface area contributed by atoms with Gasteiger partial charge in [0.15, 0.2) is 0 Å². The number of nitrogens with zero attached hydrogens (tertiary/aromatic N) is 1. The molecule has 0 saturated carbocycles. The minimum atomic E-state index is 0.258. The fourth-order valence-electron chi connectivity index (χ4n) is 1.31. The zero-order valence-corrected chi connectivity index (χ0v) is 6.78. The molecule has 0 spiro atoms. The summed E-state index contributed by atoms with van der Waals surface area (Å²) in [7, 11) is 1.76. The van der Waals surface area contributed by atoms with Crippen molar-refractivity contribution in [2.24, 2.45) is 0 Å². The van der Waals surface area contributed by atoms with Crippen molar-refractivity contribution in [3.05, 3.63) is 30.5 Å². The summed E-state index contributed by atoms with van der Waals surface area (Å²) in [5, 5.41) is 11.5. The first-order valence-electron chi connectivity index (χ1n) is 3.80. The van der Waals surface area contributed by atoms with Crippen LogP contribution in [0.25, 0.3) is 10.8 Å². The Hall–Kier alpha value is -1.64. The van der Waals surface area contributed by atoms with E-state index in [-0.39, 0.29) is 5.88 Å². The van der Waals surface area contributed by atoms with E-state index in [1.807, 2.05) is 30.5 Å². The van der Waals surface area contributed by atoms with Crippen LogP contribution in [-0.2, 0) is 0 Å². The molecule has 62 valence electrons. The fraction of sp³-hybridized carbons (Fsp3) is 0.111. The van der Waals surface area contributed by atoms with Crippen LogP contribution in [-0.4, -0.2) is 16.8 Å². The molecule has 3 heteroatoms. The first-order chi connectivity index (χ1) is 5.83. The molecule has 2 N–H and O–H groups in total. The average molecular weight is 162 g/mol. The maximum absolute atomic E-state index is 9.59. The van der Waals surface area contributed by atoms with E-state index in [9.17, 15) is 5.11 Å². The van der Waals surface area contributed by atoms with Crippen LogP contribution in [0.15, 0.2) is 30.5 Å².